The van der Waals surface area contributed by atoms with E-state index in [0.29, 0.717) is 12.0 Å². The fraction of sp³-hybridized carbons (Fsp3) is 0.273. The summed E-state index contributed by atoms with van der Waals surface area (Å²) in [5.41, 5.74) is 4.77. The van der Waals surface area contributed by atoms with Crippen LogP contribution < -0.4 is 10.7 Å². The zero-order chi connectivity index (χ0) is 22.0. The Balaban J connectivity index is 1.28. The number of carbonyl (C=O) groups is 2. The van der Waals surface area contributed by atoms with Gasteiger partial charge in [0.05, 0.1) is 6.04 Å². The van der Waals surface area contributed by atoms with E-state index in [-0.39, 0.29) is 54.2 Å². The van der Waals surface area contributed by atoms with Crippen molar-refractivity contribution in [2.75, 3.05) is 6.54 Å². The number of nitrogens with zero attached hydrogens (tertiary/aromatic N) is 2. The Morgan fingerprint density at radius 3 is 2.61 bits per heavy atom. The highest BCUT2D eigenvalue weighted by Gasteiger charge is 2.39. The Kier molecular flexibility index (Phi) is 6.20. The summed E-state index contributed by atoms with van der Waals surface area (Å²) in [7, 11) is 0. The topological polar surface area (TPSA) is 64.7 Å². The summed E-state index contributed by atoms with van der Waals surface area (Å²) >= 11 is 5.96. The Hall–Kier alpha value is -2.97. The maximum atomic E-state index is 13.2. The first-order valence-electron chi connectivity index (χ1n) is 9.90. The zero-order valence-electron chi connectivity index (χ0n) is 16.5. The van der Waals surface area contributed by atoms with E-state index >= 15 is 0 Å². The maximum Gasteiger partial charge on any atom is 0.250 e. The molecule has 1 saturated heterocycles. The Labute approximate surface area is 183 Å². The van der Waals surface area contributed by atoms with Crippen molar-refractivity contribution in [3.8, 4) is 0 Å². The summed E-state index contributed by atoms with van der Waals surface area (Å²) in [6, 6.07) is 9.72. The van der Waals surface area contributed by atoms with Crippen LogP contribution in [0.15, 0.2) is 54.9 Å². The summed E-state index contributed by atoms with van der Waals surface area (Å²) in [5.74, 6) is -1.08. The van der Waals surface area contributed by atoms with Crippen molar-refractivity contribution in [2.45, 2.75) is 31.5 Å². The fourth-order valence-electron chi connectivity index (χ4n) is 3.70. The SMILES string of the molecule is O=C(CCN1C=CN2NC(c3ccc(F)cc3)CC2C1=O)NCc1ccc(F)cc1Cl. The third-order valence-corrected chi connectivity index (χ3v) is 5.77. The van der Waals surface area contributed by atoms with Gasteiger partial charge in [-0.3, -0.25) is 9.59 Å². The third kappa shape index (κ3) is 4.86. The van der Waals surface area contributed by atoms with Crippen LogP contribution in [0, 0.1) is 11.6 Å². The normalized spacial score (nSPS) is 20.2. The van der Waals surface area contributed by atoms with Crippen molar-refractivity contribution in [3.63, 3.8) is 0 Å². The minimum absolute atomic E-state index is 0.0945. The van der Waals surface area contributed by atoms with Crippen LogP contribution in [0.4, 0.5) is 8.78 Å². The van der Waals surface area contributed by atoms with Gasteiger partial charge < -0.3 is 15.2 Å². The number of halogens is 3. The summed E-state index contributed by atoms with van der Waals surface area (Å²) < 4.78 is 26.3. The second-order valence-electron chi connectivity index (χ2n) is 7.48. The molecule has 4 rings (SSSR count). The van der Waals surface area contributed by atoms with Crippen LogP contribution in [0.3, 0.4) is 0 Å². The Bertz CT molecular complexity index is 1020. The van der Waals surface area contributed by atoms with Gasteiger partial charge in [0.15, 0.2) is 0 Å². The molecule has 2 atom stereocenters. The number of carbonyl (C=O) groups excluding carboxylic acids is 2. The molecule has 0 spiro atoms. The molecule has 2 amide bonds. The van der Waals surface area contributed by atoms with Gasteiger partial charge in [-0.2, -0.15) is 0 Å². The first-order valence-corrected chi connectivity index (χ1v) is 10.3. The quantitative estimate of drug-likeness (QED) is 0.715. The Morgan fingerprint density at radius 2 is 1.87 bits per heavy atom. The number of benzene rings is 2. The summed E-state index contributed by atoms with van der Waals surface area (Å²) in [6.07, 6.45) is 4.08. The van der Waals surface area contributed by atoms with Crippen LogP contribution in [-0.2, 0) is 16.1 Å². The molecule has 6 nitrogen and oxygen atoms in total. The lowest BCUT2D eigenvalue weighted by Gasteiger charge is -2.31. The summed E-state index contributed by atoms with van der Waals surface area (Å²) in [6.45, 7) is 0.422. The van der Waals surface area contributed by atoms with Gasteiger partial charge in [0.1, 0.15) is 17.7 Å². The molecule has 2 heterocycles. The van der Waals surface area contributed by atoms with E-state index in [1.165, 1.54) is 35.2 Å². The molecule has 1 fully saturated rings. The zero-order valence-corrected chi connectivity index (χ0v) is 17.3. The number of fused-ring (bicyclic) bond motifs is 1. The summed E-state index contributed by atoms with van der Waals surface area (Å²) in [4.78, 5) is 26.6. The molecule has 2 N–H and O–H groups in total. The molecule has 9 heteroatoms. The first kappa shape index (κ1) is 21.3. The predicted molar refractivity (Wildman–Crippen MR) is 111 cm³/mol. The third-order valence-electron chi connectivity index (χ3n) is 5.42. The van der Waals surface area contributed by atoms with Crippen LogP contribution in [0.2, 0.25) is 5.02 Å². The van der Waals surface area contributed by atoms with E-state index in [4.69, 9.17) is 11.6 Å². The first-order chi connectivity index (χ1) is 14.9. The van der Waals surface area contributed by atoms with Crippen molar-refractivity contribution >= 4 is 23.4 Å². The lowest BCUT2D eigenvalue weighted by atomic mass is 10.0. The molecule has 0 aliphatic carbocycles. The van der Waals surface area contributed by atoms with Gasteiger partial charge in [0, 0.05) is 36.9 Å². The molecule has 0 radical (unpaired) electrons. The van der Waals surface area contributed by atoms with Crippen molar-refractivity contribution in [1.29, 1.82) is 0 Å². The molecule has 0 bridgehead atoms. The standard InChI is InChI=1S/C22H21ClF2N4O2/c23-18-11-17(25)6-3-15(18)13-26-21(30)7-8-28-9-10-29-20(22(28)31)12-19(27-29)14-1-4-16(24)5-2-14/h1-6,9-11,19-20,27H,7-8,12-13H2,(H,26,30). The van der Waals surface area contributed by atoms with Crippen molar-refractivity contribution in [3.05, 3.63) is 82.6 Å². The molecular formula is C22H21ClF2N4O2. The molecule has 0 saturated carbocycles. The van der Waals surface area contributed by atoms with Crippen LogP contribution in [0.1, 0.15) is 30.0 Å². The van der Waals surface area contributed by atoms with Gasteiger partial charge >= 0.3 is 0 Å². The number of hydrogen-bond acceptors (Lipinski definition) is 4. The monoisotopic (exact) mass is 446 g/mol. The van der Waals surface area contributed by atoms with Crippen LogP contribution in [-0.4, -0.2) is 34.3 Å². The van der Waals surface area contributed by atoms with Crippen molar-refractivity contribution in [2.24, 2.45) is 0 Å². The fourth-order valence-corrected chi connectivity index (χ4v) is 3.94. The van der Waals surface area contributed by atoms with E-state index in [1.807, 2.05) is 0 Å². The molecule has 2 aliphatic heterocycles. The van der Waals surface area contributed by atoms with Gasteiger partial charge in [-0.25, -0.2) is 14.2 Å². The Morgan fingerprint density at radius 1 is 1.13 bits per heavy atom. The van der Waals surface area contributed by atoms with Gasteiger partial charge in [-0.05, 0) is 41.8 Å². The van der Waals surface area contributed by atoms with Gasteiger partial charge in [0.2, 0.25) is 5.91 Å². The minimum Gasteiger partial charge on any atom is -0.352 e. The molecule has 0 aromatic heterocycles. The van der Waals surface area contributed by atoms with Crippen LogP contribution in [0.5, 0.6) is 0 Å². The minimum atomic E-state index is -0.437. The second kappa shape index (κ2) is 9.03. The average molecular weight is 447 g/mol. The lowest BCUT2D eigenvalue weighted by Crippen LogP contribution is -2.48. The van der Waals surface area contributed by atoms with Crippen molar-refractivity contribution < 1.29 is 18.4 Å². The van der Waals surface area contributed by atoms with E-state index < -0.39 is 5.82 Å². The number of amides is 2. The largest absolute Gasteiger partial charge is 0.352 e. The molecule has 2 aromatic rings. The highest BCUT2D eigenvalue weighted by molar-refractivity contribution is 6.31. The number of hydrogen-bond donors (Lipinski definition) is 2. The van der Waals surface area contributed by atoms with E-state index in [0.717, 1.165) is 5.56 Å². The average Bonchev–Trinajstić information content (AvgIpc) is 3.18. The van der Waals surface area contributed by atoms with Gasteiger partial charge in [0.25, 0.3) is 5.91 Å². The smallest absolute Gasteiger partial charge is 0.250 e. The van der Waals surface area contributed by atoms with E-state index in [2.05, 4.69) is 10.7 Å². The highest BCUT2D eigenvalue weighted by Crippen LogP contribution is 2.30. The van der Waals surface area contributed by atoms with Gasteiger partial charge in [-0.15, -0.1) is 0 Å². The lowest BCUT2D eigenvalue weighted by molar-refractivity contribution is -0.134. The number of nitrogens with one attached hydrogen (secondary N) is 2. The molecule has 2 aliphatic rings. The van der Waals surface area contributed by atoms with E-state index in [9.17, 15) is 18.4 Å². The number of rotatable bonds is 6. The summed E-state index contributed by atoms with van der Waals surface area (Å²) in [5, 5.41) is 4.73. The van der Waals surface area contributed by atoms with E-state index in [1.54, 1.807) is 29.5 Å². The molecular weight excluding hydrogens is 426 g/mol. The second-order valence-corrected chi connectivity index (χ2v) is 7.89. The van der Waals surface area contributed by atoms with Crippen molar-refractivity contribution in [1.82, 2.24) is 20.7 Å². The molecule has 31 heavy (non-hydrogen) atoms. The molecule has 2 aromatic carbocycles. The highest BCUT2D eigenvalue weighted by atomic mass is 35.5. The predicted octanol–water partition coefficient (Wildman–Crippen LogP) is 3.26. The van der Waals surface area contributed by atoms with Gasteiger partial charge in [-0.1, -0.05) is 29.8 Å². The van der Waals surface area contributed by atoms with Crippen LogP contribution >= 0.6 is 11.6 Å². The number of hydrazine groups is 1. The maximum absolute atomic E-state index is 13.2. The molecule has 2 unspecified atom stereocenters. The molecule has 162 valence electrons. The van der Waals surface area contributed by atoms with Crippen LogP contribution in [0.25, 0.3) is 0 Å².